The molecule has 18 heavy (non-hydrogen) atoms. The summed E-state index contributed by atoms with van der Waals surface area (Å²) in [5.41, 5.74) is 6.23. The van der Waals surface area contributed by atoms with E-state index >= 15 is 0 Å². The predicted octanol–water partition coefficient (Wildman–Crippen LogP) is 2.29. The molecule has 0 unspecified atom stereocenters. The summed E-state index contributed by atoms with van der Waals surface area (Å²) in [5.74, 6) is 0.560. The van der Waals surface area contributed by atoms with Crippen LogP contribution in [0.15, 0.2) is 4.99 Å². The minimum absolute atomic E-state index is 0.0221. The average Bonchev–Trinajstić information content (AvgIpc) is 2.18. The molecule has 0 heterocycles. The van der Waals surface area contributed by atoms with Crippen molar-refractivity contribution in [1.29, 1.82) is 0 Å². The summed E-state index contributed by atoms with van der Waals surface area (Å²) in [6, 6.07) is 0. The van der Waals surface area contributed by atoms with Crippen LogP contribution in [0, 0.1) is 5.41 Å². The molecule has 1 aliphatic rings. The van der Waals surface area contributed by atoms with Crippen LogP contribution in [0.25, 0.3) is 0 Å². The van der Waals surface area contributed by atoms with E-state index in [2.05, 4.69) is 31.1 Å². The maximum atomic E-state index is 5.91. The summed E-state index contributed by atoms with van der Waals surface area (Å²) in [7, 11) is 0. The van der Waals surface area contributed by atoms with E-state index in [0.29, 0.717) is 11.4 Å². The van der Waals surface area contributed by atoms with Gasteiger partial charge in [0.05, 0.1) is 0 Å². The molecule has 0 aliphatic heterocycles. The van der Waals surface area contributed by atoms with Gasteiger partial charge in [0.25, 0.3) is 0 Å². The molecule has 1 fully saturated rings. The minimum atomic E-state index is -0.0221. The zero-order valence-corrected chi connectivity index (χ0v) is 12.4. The number of rotatable bonds is 6. The SMILES string of the molecule is CCOCCC1(CN=C(N)NC(C)(C)C)CCC1. The lowest BCUT2D eigenvalue weighted by molar-refractivity contribution is 0.0609. The van der Waals surface area contributed by atoms with Gasteiger partial charge in [0.2, 0.25) is 0 Å². The van der Waals surface area contributed by atoms with Gasteiger partial charge in [-0.05, 0) is 52.4 Å². The molecule has 0 bridgehead atoms. The van der Waals surface area contributed by atoms with Crippen molar-refractivity contribution in [3.05, 3.63) is 0 Å². The zero-order chi connectivity index (χ0) is 13.6. The maximum Gasteiger partial charge on any atom is 0.189 e. The quantitative estimate of drug-likeness (QED) is 0.435. The number of guanidine groups is 1. The number of hydrogen-bond acceptors (Lipinski definition) is 2. The second-order valence-electron chi connectivity index (χ2n) is 6.38. The number of hydrogen-bond donors (Lipinski definition) is 2. The first-order valence-corrected chi connectivity index (χ1v) is 7.03. The average molecular weight is 255 g/mol. The molecule has 106 valence electrons. The Balaban J connectivity index is 2.40. The first kappa shape index (κ1) is 15.3. The zero-order valence-electron chi connectivity index (χ0n) is 12.4. The van der Waals surface area contributed by atoms with Gasteiger partial charge in [0.1, 0.15) is 0 Å². The van der Waals surface area contributed by atoms with Crippen LogP contribution in [0.4, 0.5) is 0 Å². The lowest BCUT2D eigenvalue weighted by Gasteiger charge is -2.41. The monoisotopic (exact) mass is 255 g/mol. The van der Waals surface area contributed by atoms with Crippen molar-refractivity contribution in [3.8, 4) is 0 Å². The van der Waals surface area contributed by atoms with Crippen molar-refractivity contribution < 1.29 is 4.74 Å². The molecule has 0 spiro atoms. The van der Waals surface area contributed by atoms with Crippen LogP contribution in [0.1, 0.15) is 53.4 Å². The van der Waals surface area contributed by atoms with Crippen molar-refractivity contribution in [2.75, 3.05) is 19.8 Å². The molecule has 0 saturated heterocycles. The van der Waals surface area contributed by atoms with Crippen LogP contribution in [0.5, 0.6) is 0 Å². The standard InChI is InChI=1S/C14H29N3O/c1-5-18-10-9-14(7-6-8-14)11-16-12(15)17-13(2,3)4/h5-11H2,1-4H3,(H3,15,16,17). The van der Waals surface area contributed by atoms with Crippen LogP contribution < -0.4 is 11.1 Å². The Morgan fingerprint density at radius 2 is 2.06 bits per heavy atom. The van der Waals surface area contributed by atoms with Crippen LogP contribution >= 0.6 is 0 Å². The van der Waals surface area contributed by atoms with Crippen molar-refractivity contribution in [1.82, 2.24) is 5.32 Å². The third-order valence-electron chi connectivity index (χ3n) is 3.48. The van der Waals surface area contributed by atoms with E-state index in [9.17, 15) is 0 Å². The summed E-state index contributed by atoms with van der Waals surface area (Å²) in [6.45, 7) is 10.8. The van der Waals surface area contributed by atoms with E-state index in [0.717, 1.165) is 26.2 Å². The van der Waals surface area contributed by atoms with Crippen LogP contribution in [0.3, 0.4) is 0 Å². The Morgan fingerprint density at radius 1 is 1.39 bits per heavy atom. The van der Waals surface area contributed by atoms with Gasteiger partial charge in [-0.25, -0.2) is 0 Å². The highest BCUT2D eigenvalue weighted by Crippen LogP contribution is 2.44. The largest absolute Gasteiger partial charge is 0.382 e. The van der Waals surface area contributed by atoms with Crippen LogP contribution in [-0.2, 0) is 4.74 Å². The molecular weight excluding hydrogens is 226 g/mol. The molecule has 1 saturated carbocycles. The molecule has 0 aromatic heterocycles. The van der Waals surface area contributed by atoms with Crippen LogP contribution in [0.2, 0.25) is 0 Å². The Kier molecular flexibility index (Phi) is 5.45. The normalized spacial score (nSPS) is 19.4. The number of nitrogens with two attached hydrogens (primary N) is 1. The molecule has 0 aromatic rings. The number of ether oxygens (including phenoxy) is 1. The van der Waals surface area contributed by atoms with Gasteiger partial charge < -0.3 is 15.8 Å². The lowest BCUT2D eigenvalue weighted by atomic mass is 9.67. The van der Waals surface area contributed by atoms with E-state index in [1.54, 1.807) is 0 Å². The first-order valence-electron chi connectivity index (χ1n) is 7.03. The molecule has 3 N–H and O–H groups in total. The lowest BCUT2D eigenvalue weighted by Crippen LogP contribution is -2.46. The molecule has 4 heteroatoms. The molecule has 0 amide bonds. The van der Waals surface area contributed by atoms with E-state index in [-0.39, 0.29) is 5.54 Å². The fourth-order valence-corrected chi connectivity index (χ4v) is 2.27. The Labute approximate surface area is 111 Å². The number of aliphatic imine (C=N–C) groups is 1. The van der Waals surface area contributed by atoms with Gasteiger partial charge in [-0.2, -0.15) is 0 Å². The van der Waals surface area contributed by atoms with Crippen molar-refractivity contribution >= 4 is 5.96 Å². The smallest absolute Gasteiger partial charge is 0.189 e. The summed E-state index contributed by atoms with van der Waals surface area (Å²) in [6.07, 6.45) is 4.93. The van der Waals surface area contributed by atoms with E-state index in [1.807, 2.05) is 6.92 Å². The Morgan fingerprint density at radius 3 is 2.50 bits per heavy atom. The second-order valence-corrected chi connectivity index (χ2v) is 6.38. The van der Waals surface area contributed by atoms with E-state index in [4.69, 9.17) is 10.5 Å². The van der Waals surface area contributed by atoms with Crippen molar-refractivity contribution in [2.24, 2.45) is 16.1 Å². The summed E-state index contributed by atoms with van der Waals surface area (Å²) in [5, 5.41) is 3.20. The summed E-state index contributed by atoms with van der Waals surface area (Å²) >= 11 is 0. The number of nitrogens with one attached hydrogen (secondary N) is 1. The van der Waals surface area contributed by atoms with Crippen molar-refractivity contribution in [2.45, 2.75) is 58.9 Å². The number of nitrogens with zero attached hydrogens (tertiary/aromatic N) is 1. The molecule has 1 rings (SSSR count). The summed E-state index contributed by atoms with van der Waals surface area (Å²) in [4.78, 5) is 4.51. The fraction of sp³-hybridized carbons (Fsp3) is 0.929. The topological polar surface area (TPSA) is 59.6 Å². The second kappa shape index (κ2) is 6.41. The van der Waals surface area contributed by atoms with Crippen molar-refractivity contribution in [3.63, 3.8) is 0 Å². The Hall–Kier alpha value is -0.770. The van der Waals surface area contributed by atoms with Gasteiger partial charge in [0.15, 0.2) is 5.96 Å². The minimum Gasteiger partial charge on any atom is -0.382 e. The summed E-state index contributed by atoms with van der Waals surface area (Å²) < 4.78 is 5.46. The van der Waals surface area contributed by atoms with Gasteiger partial charge in [-0.3, -0.25) is 4.99 Å². The van der Waals surface area contributed by atoms with Gasteiger partial charge in [-0.1, -0.05) is 6.42 Å². The third-order valence-corrected chi connectivity index (χ3v) is 3.48. The Bertz CT molecular complexity index is 277. The molecule has 0 atom stereocenters. The molecular formula is C14H29N3O. The first-order chi connectivity index (χ1) is 8.37. The van der Waals surface area contributed by atoms with Gasteiger partial charge >= 0.3 is 0 Å². The fourth-order valence-electron chi connectivity index (χ4n) is 2.27. The molecule has 1 aliphatic carbocycles. The highest BCUT2D eigenvalue weighted by atomic mass is 16.5. The highest BCUT2D eigenvalue weighted by molar-refractivity contribution is 5.78. The van der Waals surface area contributed by atoms with E-state index < -0.39 is 0 Å². The molecule has 0 radical (unpaired) electrons. The van der Waals surface area contributed by atoms with Gasteiger partial charge in [-0.15, -0.1) is 0 Å². The van der Waals surface area contributed by atoms with Gasteiger partial charge in [0, 0.05) is 25.3 Å². The van der Waals surface area contributed by atoms with Crippen LogP contribution in [-0.4, -0.2) is 31.3 Å². The highest BCUT2D eigenvalue weighted by Gasteiger charge is 2.36. The molecule has 4 nitrogen and oxygen atoms in total. The molecule has 0 aromatic carbocycles. The third kappa shape index (κ3) is 5.25. The van der Waals surface area contributed by atoms with E-state index in [1.165, 1.54) is 19.3 Å². The predicted molar refractivity (Wildman–Crippen MR) is 76.8 cm³/mol. The maximum absolute atomic E-state index is 5.91.